The SMILES string of the molecule is COc1cc(C=C(C)C=O)cc(Cl)c1OC. The van der Waals surface area contributed by atoms with E-state index >= 15 is 0 Å². The quantitative estimate of drug-likeness (QED) is 0.600. The fourth-order valence-corrected chi connectivity index (χ4v) is 1.61. The molecule has 3 nitrogen and oxygen atoms in total. The van der Waals surface area contributed by atoms with Crippen molar-refractivity contribution < 1.29 is 14.3 Å². The molecule has 0 aliphatic rings. The van der Waals surface area contributed by atoms with Gasteiger partial charge < -0.3 is 9.47 Å². The molecule has 0 amide bonds. The molecule has 0 aliphatic heterocycles. The van der Waals surface area contributed by atoms with Gasteiger partial charge in [-0.2, -0.15) is 0 Å². The smallest absolute Gasteiger partial charge is 0.179 e. The summed E-state index contributed by atoms with van der Waals surface area (Å²) in [4.78, 5) is 10.5. The number of carbonyl (C=O) groups excluding carboxylic acids is 1. The Morgan fingerprint density at radius 1 is 1.31 bits per heavy atom. The maximum atomic E-state index is 10.5. The van der Waals surface area contributed by atoms with Crippen LogP contribution in [-0.4, -0.2) is 20.5 Å². The molecule has 0 bridgehead atoms. The van der Waals surface area contributed by atoms with Gasteiger partial charge in [-0.1, -0.05) is 11.6 Å². The summed E-state index contributed by atoms with van der Waals surface area (Å²) in [6.07, 6.45) is 2.51. The van der Waals surface area contributed by atoms with Crippen LogP contribution in [0.15, 0.2) is 17.7 Å². The number of allylic oxidation sites excluding steroid dienone is 1. The average molecular weight is 241 g/mol. The predicted octanol–water partition coefficient (Wildman–Crippen LogP) is 2.96. The van der Waals surface area contributed by atoms with E-state index in [-0.39, 0.29) is 0 Å². The first-order valence-corrected chi connectivity index (χ1v) is 5.05. The maximum absolute atomic E-state index is 10.5. The number of ether oxygens (including phenoxy) is 2. The Hall–Kier alpha value is -1.48. The molecule has 16 heavy (non-hydrogen) atoms. The summed E-state index contributed by atoms with van der Waals surface area (Å²) in [7, 11) is 3.06. The first kappa shape index (κ1) is 12.6. The second-order valence-corrected chi connectivity index (χ2v) is 3.65. The number of halogens is 1. The van der Waals surface area contributed by atoms with Crippen LogP contribution in [-0.2, 0) is 4.79 Å². The first-order valence-electron chi connectivity index (χ1n) is 4.67. The Morgan fingerprint density at radius 3 is 2.50 bits per heavy atom. The van der Waals surface area contributed by atoms with Crippen molar-refractivity contribution in [2.45, 2.75) is 6.92 Å². The predicted molar refractivity (Wildman–Crippen MR) is 64.3 cm³/mol. The molecule has 1 aromatic carbocycles. The van der Waals surface area contributed by atoms with E-state index in [2.05, 4.69) is 0 Å². The van der Waals surface area contributed by atoms with Crippen LogP contribution in [0.3, 0.4) is 0 Å². The van der Waals surface area contributed by atoms with Gasteiger partial charge in [0.15, 0.2) is 11.5 Å². The molecule has 1 rings (SSSR count). The van der Waals surface area contributed by atoms with Crippen LogP contribution in [0.1, 0.15) is 12.5 Å². The fourth-order valence-electron chi connectivity index (χ4n) is 1.32. The lowest BCUT2D eigenvalue weighted by atomic mass is 10.1. The molecule has 0 atom stereocenters. The van der Waals surface area contributed by atoms with E-state index in [4.69, 9.17) is 21.1 Å². The third kappa shape index (κ3) is 2.76. The molecule has 0 aromatic heterocycles. The molecule has 0 N–H and O–H groups in total. The minimum absolute atomic E-state index is 0.451. The number of hydrogen-bond donors (Lipinski definition) is 0. The van der Waals surface area contributed by atoms with Crippen molar-refractivity contribution in [3.8, 4) is 11.5 Å². The van der Waals surface area contributed by atoms with Crippen LogP contribution in [0.4, 0.5) is 0 Å². The second kappa shape index (κ2) is 5.56. The molecule has 0 saturated heterocycles. The van der Waals surface area contributed by atoms with Crippen LogP contribution < -0.4 is 9.47 Å². The number of benzene rings is 1. The van der Waals surface area contributed by atoms with Crippen molar-refractivity contribution in [1.82, 2.24) is 0 Å². The van der Waals surface area contributed by atoms with Gasteiger partial charge in [-0.05, 0) is 36.3 Å². The highest BCUT2D eigenvalue weighted by atomic mass is 35.5. The minimum atomic E-state index is 0.451. The molecule has 0 unspecified atom stereocenters. The molecule has 4 heteroatoms. The van der Waals surface area contributed by atoms with Crippen LogP contribution in [0.5, 0.6) is 11.5 Å². The summed E-state index contributed by atoms with van der Waals surface area (Å²) < 4.78 is 10.3. The van der Waals surface area contributed by atoms with E-state index in [0.29, 0.717) is 22.1 Å². The van der Waals surface area contributed by atoms with Gasteiger partial charge >= 0.3 is 0 Å². The van der Waals surface area contributed by atoms with Gasteiger partial charge in [-0.15, -0.1) is 0 Å². The molecule has 0 saturated carbocycles. The Morgan fingerprint density at radius 2 is 2.00 bits per heavy atom. The number of carbonyl (C=O) groups is 1. The van der Waals surface area contributed by atoms with Crippen molar-refractivity contribution >= 4 is 24.0 Å². The monoisotopic (exact) mass is 240 g/mol. The van der Waals surface area contributed by atoms with Gasteiger partial charge in [0, 0.05) is 0 Å². The van der Waals surface area contributed by atoms with E-state index in [0.717, 1.165) is 11.8 Å². The molecular formula is C12H13ClO3. The van der Waals surface area contributed by atoms with Gasteiger partial charge in [0.25, 0.3) is 0 Å². The molecule has 0 heterocycles. The molecular weight excluding hydrogens is 228 g/mol. The third-order valence-electron chi connectivity index (χ3n) is 2.04. The Labute approximate surface area is 99.6 Å². The van der Waals surface area contributed by atoms with Gasteiger partial charge in [0.05, 0.1) is 19.2 Å². The Balaban J connectivity index is 3.25. The summed E-state index contributed by atoms with van der Waals surface area (Å²) in [5, 5.41) is 0.451. The number of aldehydes is 1. The summed E-state index contributed by atoms with van der Waals surface area (Å²) >= 11 is 6.02. The van der Waals surface area contributed by atoms with E-state index in [9.17, 15) is 4.79 Å². The fraction of sp³-hybridized carbons (Fsp3) is 0.250. The summed E-state index contributed by atoms with van der Waals surface area (Å²) in [5.41, 5.74) is 1.41. The Kier molecular flexibility index (Phi) is 4.38. The Bertz CT molecular complexity index is 425. The lowest BCUT2D eigenvalue weighted by Crippen LogP contribution is -1.92. The van der Waals surface area contributed by atoms with Gasteiger partial charge in [0.2, 0.25) is 0 Å². The van der Waals surface area contributed by atoms with Crippen LogP contribution >= 0.6 is 11.6 Å². The van der Waals surface area contributed by atoms with Crippen molar-refractivity contribution in [2.24, 2.45) is 0 Å². The number of rotatable bonds is 4. The van der Waals surface area contributed by atoms with Crippen molar-refractivity contribution in [3.05, 3.63) is 28.3 Å². The number of methoxy groups -OCH3 is 2. The molecule has 1 aromatic rings. The van der Waals surface area contributed by atoms with E-state index in [1.54, 1.807) is 25.1 Å². The van der Waals surface area contributed by atoms with E-state index < -0.39 is 0 Å². The van der Waals surface area contributed by atoms with Crippen molar-refractivity contribution in [2.75, 3.05) is 14.2 Å². The zero-order valence-corrected chi connectivity index (χ0v) is 10.2. The van der Waals surface area contributed by atoms with Crippen molar-refractivity contribution in [1.29, 1.82) is 0 Å². The third-order valence-corrected chi connectivity index (χ3v) is 2.32. The zero-order chi connectivity index (χ0) is 12.1. The first-order chi connectivity index (χ1) is 7.62. The van der Waals surface area contributed by atoms with Crippen LogP contribution in [0.2, 0.25) is 5.02 Å². The normalized spacial score (nSPS) is 11.1. The maximum Gasteiger partial charge on any atom is 0.179 e. The topological polar surface area (TPSA) is 35.5 Å². The lowest BCUT2D eigenvalue weighted by Gasteiger charge is -2.10. The van der Waals surface area contributed by atoms with Gasteiger partial charge in [-0.3, -0.25) is 4.79 Å². The summed E-state index contributed by atoms with van der Waals surface area (Å²) in [6.45, 7) is 1.72. The lowest BCUT2D eigenvalue weighted by molar-refractivity contribution is -0.104. The van der Waals surface area contributed by atoms with Gasteiger partial charge in [-0.25, -0.2) is 0 Å². The number of hydrogen-bond acceptors (Lipinski definition) is 3. The van der Waals surface area contributed by atoms with E-state index in [1.807, 2.05) is 0 Å². The highest BCUT2D eigenvalue weighted by molar-refractivity contribution is 6.32. The second-order valence-electron chi connectivity index (χ2n) is 3.24. The minimum Gasteiger partial charge on any atom is -0.493 e. The molecule has 0 fully saturated rings. The highest BCUT2D eigenvalue weighted by Crippen LogP contribution is 2.36. The van der Waals surface area contributed by atoms with Crippen molar-refractivity contribution in [3.63, 3.8) is 0 Å². The van der Waals surface area contributed by atoms with Crippen LogP contribution in [0.25, 0.3) is 6.08 Å². The molecule has 86 valence electrons. The largest absolute Gasteiger partial charge is 0.493 e. The van der Waals surface area contributed by atoms with Crippen LogP contribution in [0, 0.1) is 0 Å². The molecule has 0 radical (unpaired) electrons. The average Bonchev–Trinajstić information content (AvgIpc) is 2.28. The molecule has 0 aliphatic carbocycles. The summed E-state index contributed by atoms with van der Waals surface area (Å²) in [5.74, 6) is 1.03. The molecule has 0 spiro atoms. The van der Waals surface area contributed by atoms with Gasteiger partial charge in [0.1, 0.15) is 6.29 Å². The van der Waals surface area contributed by atoms with E-state index in [1.165, 1.54) is 14.2 Å². The zero-order valence-electron chi connectivity index (χ0n) is 9.41. The summed E-state index contributed by atoms with van der Waals surface area (Å²) in [6, 6.07) is 3.48. The standard InChI is InChI=1S/C12H13ClO3/c1-8(7-14)4-9-5-10(13)12(16-3)11(6-9)15-2/h4-7H,1-3H3. The highest BCUT2D eigenvalue weighted by Gasteiger charge is 2.09.